The number of morpholine rings is 1. The molecule has 2 saturated heterocycles. The number of hydrogen-bond donors (Lipinski definition) is 0. The number of hydrogen-bond acceptors (Lipinski definition) is 4. The van der Waals surface area contributed by atoms with Crippen molar-refractivity contribution in [1.82, 2.24) is 9.21 Å². The lowest BCUT2D eigenvalue weighted by Crippen LogP contribution is -2.54. The van der Waals surface area contributed by atoms with E-state index in [0.29, 0.717) is 19.1 Å². The van der Waals surface area contributed by atoms with Crippen molar-refractivity contribution in [1.29, 1.82) is 0 Å². The Balaban J connectivity index is 1.55. The van der Waals surface area contributed by atoms with Crippen LogP contribution in [0.3, 0.4) is 0 Å². The molecule has 0 unspecified atom stereocenters. The van der Waals surface area contributed by atoms with Crippen LogP contribution in [0.1, 0.15) is 58.8 Å². The molecule has 2 heterocycles. The summed E-state index contributed by atoms with van der Waals surface area (Å²) in [6.07, 6.45) is 7.55. The molecular formula is C17H32N2O3S. The molecule has 0 amide bonds. The number of ether oxygens (including phenoxy) is 1. The second-order valence-corrected chi connectivity index (χ2v) is 9.86. The predicted molar refractivity (Wildman–Crippen MR) is 92.0 cm³/mol. The lowest BCUT2D eigenvalue weighted by Gasteiger charge is -2.43. The molecule has 3 aliphatic rings. The Morgan fingerprint density at radius 1 is 0.870 bits per heavy atom. The van der Waals surface area contributed by atoms with Crippen molar-refractivity contribution in [3.63, 3.8) is 0 Å². The normalized spacial score (nSPS) is 33.8. The molecule has 3 rings (SSSR count). The van der Waals surface area contributed by atoms with Gasteiger partial charge >= 0.3 is 0 Å². The molecule has 0 aromatic heterocycles. The molecule has 2 atom stereocenters. The Bertz CT molecular complexity index is 472. The fourth-order valence-electron chi connectivity index (χ4n) is 4.55. The number of nitrogens with zero attached hydrogens (tertiary/aromatic N) is 2. The van der Waals surface area contributed by atoms with Crippen LogP contribution in [-0.2, 0) is 14.8 Å². The quantitative estimate of drug-likeness (QED) is 0.788. The molecule has 5 nitrogen and oxygen atoms in total. The van der Waals surface area contributed by atoms with E-state index in [2.05, 4.69) is 18.7 Å². The Hall–Kier alpha value is -0.170. The Morgan fingerprint density at radius 2 is 1.43 bits per heavy atom. The van der Waals surface area contributed by atoms with Gasteiger partial charge in [0.1, 0.15) is 0 Å². The zero-order chi connectivity index (χ0) is 16.4. The van der Waals surface area contributed by atoms with Gasteiger partial charge < -0.3 is 4.74 Å². The molecule has 0 N–H and O–H groups in total. The maximum Gasteiger partial charge on any atom is 0.216 e. The first kappa shape index (κ1) is 17.6. The summed E-state index contributed by atoms with van der Waals surface area (Å²) in [4.78, 5) is 2.52. The van der Waals surface area contributed by atoms with Gasteiger partial charge in [0, 0.05) is 32.2 Å². The maximum absolute atomic E-state index is 12.8. The third-order valence-electron chi connectivity index (χ3n) is 5.72. The highest BCUT2D eigenvalue weighted by molar-refractivity contribution is 7.89. The number of rotatable bonds is 3. The minimum atomic E-state index is -3.07. The van der Waals surface area contributed by atoms with Gasteiger partial charge in [-0.3, -0.25) is 4.90 Å². The topological polar surface area (TPSA) is 49.9 Å². The molecule has 0 bridgehead atoms. The predicted octanol–water partition coefficient (Wildman–Crippen LogP) is 2.22. The highest BCUT2D eigenvalue weighted by Crippen LogP contribution is 2.29. The van der Waals surface area contributed by atoms with Gasteiger partial charge in [-0.15, -0.1) is 0 Å². The molecule has 134 valence electrons. The first-order chi connectivity index (χ1) is 11.0. The fourth-order valence-corrected chi connectivity index (χ4v) is 6.62. The van der Waals surface area contributed by atoms with E-state index in [4.69, 9.17) is 4.74 Å². The molecule has 3 fully saturated rings. The highest BCUT2D eigenvalue weighted by Gasteiger charge is 2.37. The smallest absolute Gasteiger partial charge is 0.216 e. The molecular weight excluding hydrogens is 312 g/mol. The second-order valence-electron chi connectivity index (χ2n) is 7.65. The van der Waals surface area contributed by atoms with Crippen molar-refractivity contribution >= 4 is 10.0 Å². The zero-order valence-electron chi connectivity index (χ0n) is 14.6. The van der Waals surface area contributed by atoms with Crippen molar-refractivity contribution in [3.8, 4) is 0 Å². The standard InChI is InChI=1S/C17H32N2O3S/c1-14-12-18(13-15(2)22-14)16-8-10-19(11-9-16)23(20,21)17-6-4-3-5-7-17/h14-17H,3-13H2,1-2H3/t14-,15+. The molecule has 2 aliphatic heterocycles. The van der Waals surface area contributed by atoms with Crippen LogP contribution in [-0.4, -0.2) is 67.3 Å². The zero-order valence-corrected chi connectivity index (χ0v) is 15.4. The third-order valence-corrected chi connectivity index (χ3v) is 8.12. The summed E-state index contributed by atoms with van der Waals surface area (Å²) in [6.45, 7) is 7.61. The summed E-state index contributed by atoms with van der Waals surface area (Å²) < 4.78 is 33.2. The van der Waals surface area contributed by atoms with Crippen molar-refractivity contribution in [2.45, 2.75) is 82.3 Å². The number of piperidine rings is 1. The largest absolute Gasteiger partial charge is 0.373 e. The average Bonchev–Trinajstić information content (AvgIpc) is 2.55. The monoisotopic (exact) mass is 344 g/mol. The van der Waals surface area contributed by atoms with Crippen molar-refractivity contribution < 1.29 is 13.2 Å². The van der Waals surface area contributed by atoms with Gasteiger partial charge in [-0.05, 0) is 39.5 Å². The molecule has 0 spiro atoms. The Kier molecular flexibility index (Phi) is 5.66. The van der Waals surface area contributed by atoms with Crippen LogP contribution in [0.4, 0.5) is 0 Å². The van der Waals surface area contributed by atoms with Crippen molar-refractivity contribution in [2.75, 3.05) is 26.2 Å². The van der Waals surface area contributed by atoms with Gasteiger partial charge in [0.05, 0.1) is 17.5 Å². The summed E-state index contributed by atoms with van der Waals surface area (Å²) >= 11 is 0. The molecule has 0 radical (unpaired) electrons. The average molecular weight is 345 g/mol. The van der Waals surface area contributed by atoms with E-state index in [-0.39, 0.29) is 17.5 Å². The maximum atomic E-state index is 12.8. The number of sulfonamides is 1. The van der Waals surface area contributed by atoms with E-state index in [9.17, 15) is 8.42 Å². The molecule has 0 aromatic carbocycles. The minimum Gasteiger partial charge on any atom is -0.373 e. The lowest BCUT2D eigenvalue weighted by atomic mass is 10.0. The Labute approximate surface area is 141 Å². The van der Waals surface area contributed by atoms with Gasteiger partial charge in [0.25, 0.3) is 0 Å². The van der Waals surface area contributed by atoms with Gasteiger partial charge in [-0.25, -0.2) is 12.7 Å². The molecule has 0 aromatic rings. The summed E-state index contributed by atoms with van der Waals surface area (Å²) in [5, 5.41) is -0.115. The third kappa shape index (κ3) is 4.09. The van der Waals surface area contributed by atoms with Crippen LogP contribution in [0.25, 0.3) is 0 Å². The van der Waals surface area contributed by atoms with E-state index < -0.39 is 10.0 Å². The summed E-state index contributed by atoms with van der Waals surface area (Å²) in [5.74, 6) is 0. The van der Waals surface area contributed by atoms with Crippen LogP contribution < -0.4 is 0 Å². The summed E-state index contributed by atoms with van der Waals surface area (Å²) in [5.41, 5.74) is 0. The summed E-state index contributed by atoms with van der Waals surface area (Å²) in [6, 6.07) is 0.515. The molecule has 1 aliphatic carbocycles. The van der Waals surface area contributed by atoms with Crippen LogP contribution >= 0.6 is 0 Å². The van der Waals surface area contributed by atoms with E-state index in [0.717, 1.165) is 51.6 Å². The van der Waals surface area contributed by atoms with Gasteiger partial charge in [0.15, 0.2) is 0 Å². The molecule has 1 saturated carbocycles. The molecule has 23 heavy (non-hydrogen) atoms. The lowest BCUT2D eigenvalue weighted by molar-refractivity contribution is -0.0847. The fraction of sp³-hybridized carbons (Fsp3) is 1.00. The summed E-state index contributed by atoms with van der Waals surface area (Å²) in [7, 11) is -3.07. The van der Waals surface area contributed by atoms with E-state index in [1.54, 1.807) is 4.31 Å². The van der Waals surface area contributed by atoms with Crippen molar-refractivity contribution in [2.24, 2.45) is 0 Å². The van der Waals surface area contributed by atoms with Crippen LogP contribution in [0.5, 0.6) is 0 Å². The minimum absolute atomic E-state index is 0.115. The van der Waals surface area contributed by atoms with E-state index >= 15 is 0 Å². The van der Waals surface area contributed by atoms with Crippen LogP contribution in [0, 0.1) is 0 Å². The van der Waals surface area contributed by atoms with E-state index in [1.165, 1.54) is 6.42 Å². The van der Waals surface area contributed by atoms with Gasteiger partial charge in [0.2, 0.25) is 10.0 Å². The van der Waals surface area contributed by atoms with Crippen LogP contribution in [0.15, 0.2) is 0 Å². The first-order valence-electron chi connectivity index (χ1n) is 9.35. The SMILES string of the molecule is C[C@@H]1CN(C2CCN(S(=O)(=O)C3CCCCC3)CC2)C[C@H](C)O1. The van der Waals surface area contributed by atoms with E-state index in [1.807, 2.05) is 0 Å². The van der Waals surface area contributed by atoms with Gasteiger partial charge in [-0.1, -0.05) is 19.3 Å². The van der Waals surface area contributed by atoms with Crippen molar-refractivity contribution in [3.05, 3.63) is 0 Å². The second kappa shape index (κ2) is 7.38. The highest BCUT2D eigenvalue weighted by atomic mass is 32.2. The van der Waals surface area contributed by atoms with Crippen LogP contribution in [0.2, 0.25) is 0 Å². The molecule has 6 heteroatoms. The van der Waals surface area contributed by atoms with Gasteiger partial charge in [-0.2, -0.15) is 0 Å². The first-order valence-corrected chi connectivity index (χ1v) is 10.9. The Morgan fingerprint density at radius 3 is 2.00 bits per heavy atom.